The maximum Gasteiger partial charge on any atom is 0.228 e. The summed E-state index contributed by atoms with van der Waals surface area (Å²) < 4.78 is 10.8. The van der Waals surface area contributed by atoms with Gasteiger partial charge in [0.2, 0.25) is 5.91 Å². The summed E-state index contributed by atoms with van der Waals surface area (Å²) >= 11 is 0. The molecule has 5 nitrogen and oxygen atoms in total. The van der Waals surface area contributed by atoms with Crippen LogP contribution in [0.3, 0.4) is 0 Å². The Hall–Kier alpha value is -1.30. The van der Waals surface area contributed by atoms with Gasteiger partial charge in [-0.05, 0) is 32.8 Å². The molecular formula is C17H27ClN2O3. The topological polar surface area (TPSA) is 73.6 Å². The molecule has 0 radical (unpaired) electrons. The van der Waals surface area contributed by atoms with Crippen molar-refractivity contribution in [3.05, 3.63) is 29.3 Å². The van der Waals surface area contributed by atoms with E-state index >= 15 is 0 Å². The van der Waals surface area contributed by atoms with Gasteiger partial charge in [0.1, 0.15) is 5.75 Å². The zero-order valence-corrected chi connectivity index (χ0v) is 14.9. The molecule has 1 heterocycles. The van der Waals surface area contributed by atoms with Crippen molar-refractivity contribution < 1.29 is 14.3 Å². The molecule has 3 N–H and O–H groups in total. The molecule has 6 heteroatoms. The lowest BCUT2D eigenvalue weighted by molar-refractivity contribution is -0.136. The van der Waals surface area contributed by atoms with Crippen molar-refractivity contribution in [3.63, 3.8) is 0 Å². The molecule has 1 aromatic carbocycles. The zero-order chi connectivity index (χ0) is 16.2. The average Bonchev–Trinajstić information content (AvgIpc) is 2.55. The molecule has 1 aromatic rings. The first-order chi connectivity index (χ1) is 10.5. The molecule has 0 aromatic heterocycles. The van der Waals surface area contributed by atoms with Crippen LogP contribution >= 0.6 is 12.4 Å². The number of hydrogen-bond donors (Lipinski definition) is 2. The number of hydrogen-bond acceptors (Lipinski definition) is 4. The van der Waals surface area contributed by atoms with Crippen molar-refractivity contribution in [1.82, 2.24) is 5.32 Å². The number of aryl methyl sites for hydroxylation is 1. The van der Waals surface area contributed by atoms with Crippen molar-refractivity contribution in [2.24, 2.45) is 11.1 Å². The number of carbonyl (C=O) groups is 1. The average molecular weight is 343 g/mol. The van der Waals surface area contributed by atoms with E-state index < -0.39 is 5.41 Å². The number of nitrogens with one attached hydrogen (secondary N) is 1. The maximum atomic E-state index is 12.7. The van der Waals surface area contributed by atoms with Crippen LogP contribution in [0.15, 0.2) is 18.2 Å². The fourth-order valence-corrected chi connectivity index (χ4v) is 2.91. The number of carbonyl (C=O) groups excluding carboxylic acids is 1. The Bertz CT molecular complexity index is 531. The summed E-state index contributed by atoms with van der Waals surface area (Å²) in [5.74, 6) is 0.793. The van der Waals surface area contributed by atoms with Gasteiger partial charge in [-0.2, -0.15) is 0 Å². The van der Waals surface area contributed by atoms with Gasteiger partial charge in [0.15, 0.2) is 0 Å². The number of benzene rings is 1. The standard InChI is InChI=1S/C17H26N2O3.ClH/c1-12-4-5-15(21-3)14(10-12)13(2)19-16(20)17(11-18)6-8-22-9-7-17;/h4-5,10,13H,6-9,11,18H2,1-3H3,(H,19,20);1H. The Morgan fingerprint density at radius 1 is 1.43 bits per heavy atom. The molecule has 0 saturated carbocycles. The summed E-state index contributed by atoms with van der Waals surface area (Å²) in [5.41, 5.74) is 7.50. The normalized spacial score (nSPS) is 17.7. The molecule has 1 unspecified atom stereocenters. The molecule has 130 valence electrons. The van der Waals surface area contributed by atoms with Gasteiger partial charge < -0.3 is 20.5 Å². The van der Waals surface area contributed by atoms with Crippen LogP contribution in [-0.2, 0) is 9.53 Å². The largest absolute Gasteiger partial charge is 0.496 e. The molecule has 1 aliphatic heterocycles. The Morgan fingerprint density at radius 2 is 2.09 bits per heavy atom. The van der Waals surface area contributed by atoms with Gasteiger partial charge in [0.05, 0.1) is 18.6 Å². The van der Waals surface area contributed by atoms with Gasteiger partial charge in [0, 0.05) is 25.3 Å². The molecular weight excluding hydrogens is 316 g/mol. The molecule has 1 aliphatic rings. The number of amides is 1. The van der Waals surface area contributed by atoms with Gasteiger partial charge >= 0.3 is 0 Å². The molecule has 0 spiro atoms. The van der Waals surface area contributed by atoms with E-state index in [2.05, 4.69) is 5.32 Å². The highest BCUT2D eigenvalue weighted by Gasteiger charge is 2.39. The second kappa shape index (κ2) is 8.52. The van der Waals surface area contributed by atoms with E-state index in [1.54, 1.807) is 7.11 Å². The van der Waals surface area contributed by atoms with E-state index in [-0.39, 0.29) is 24.4 Å². The van der Waals surface area contributed by atoms with Gasteiger partial charge in [0.25, 0.3) is 0 Å². The highest BCUT2D eigenvalue weighted by Crippen LogP contribution is 2.32. The third-order valence-electron chi connectivity index (χ3n) is 4.52. The summed E-state index contributed by atoms with van der Waals surface area (Å²) in [4.78, 5) is 12.7. The fraction of sp³-hybridized carbons (Fsp3) is 0.588. The quantitative estimate of drug-likeness (QED) is 0.861. The van der Waals surface area contributed by atoms with Crippen LogP contribution in [0.25, 0.3) is 0 Å². The van der Waals surface area contributed by atoms with Crippen LogP contribution in [0.4, 0.5) is 0 Å². The van der Waals surface area contributed by atoms with Crippen LogP contribution in [0, 0.1) is 12.3 Å². The van der Waals surface area contributed by atoms with E-state index in [1.807, 2.05) is 32.0 Å². The number of methoxy groups -OCH3 is 1. The van der Waals surface area contributed by atoms with Crippen molar-refractivity contribution in [3.8, 4) is 5.75 Å². The van der Waals surface area contributed by atoms with E-state index in [4.69, 9.17) is 15.2 Å². The predicted molar refractivity (Wildman–Crippen MR) is 93.1 cm³/mol. The number of halogens is 1. The van der Waals surface area contributed by atoms with Crippen molar-refractivity contribution in [2.75, 3.05) is 26.9 Å². The Morgan fingerprint density at radius 3 is 2.65 bits per heavy atom. The number of rotatable bonds is 5. The van der Waals surface area contributed by atoms with Crippen LogP contribution in [-0.4, -0.2) is 32.8 Å². The predicted octanol–water partition coefficient (Wildman–Crippen LogP) is 2.36. The molecule has 23 heavy (non-hydrogen) atoms. The molecule has 0 aliphatic carbocycles. The summed E-state index contributed by atoms with van der Waals surface area (Å²) in [6.07, 6.45) is 1.35. The molecule has 1 atom stereocenters. The van der Waals surface area contributed by atoms with E-state index in [1.165, 1.54) is 0 Å². The lowest BCUT2D eigenvalue weighted by Crippen LogP contribution is -2.49. The first kappa shape index (κ1) is 19.7. The van der Waals surface area contributed by atoms with E-state index in [9.17, 15) is 4.79 Å². The zero-order valence-electron chi connectivity index (χ0n) is 14.1. The molecule has 1 amide bonds. The lowest BCUT2D eigenvalue weighted by Gasteiger charge is -2.35. The Kier molecular flexibility index (Phi) is 7.32. The third-order valence-corrected chi connectivity index (χ3v) is 4.52. The number of ether oxygens (including phenoxy) is 2. The van der Waals surface area contributed by atoms with Gasteiger partial charge in [-0.3, -0.25) is 4.79 Å². The van der Waals surface area contributed by atoms with Crippen LogP contribution in [0.2, 0.25) is 0 Å². The first-order valence-corrected chi connectivity index (χ1v) is 7.76. The Labute approximate surface area is 144 Å². The summed E-state index contributed by atoms with van der Waals surface area (Å²) in [5, 5.41) is 3.11. The van der Waals surface area contributed by atoms with Gasteiger partial charge in [-0.25, -0.2) is 0 Å². The van der Waals surface area contributed by atoms with Crippen molar-refractivity contribution >= 4 is 18.3 Å². The lowest BCUT2D eigenvalue weighted by atomic mass is 9.79. The first-order valence-electron chi connectivity index (χ1n) is 7.76. The maximum absolute atomic E-state index is 12.7. The number of nitrogens with two attached hydrogens (primary N) is 1. The minimum atomic E-state index is -0.510. The molecule has 1 fully saturated rings. The SMILES string of the molecule is COc1ccc(C)cc1C(C)NC(=O)C1(CN)CCOCC1.Cl. The monoisotopic (exact) mass is 342 g/mol. The van der Waals surface area contributed by atoms with Gasteiger partial charge in [-0.15, -0.1) is 12.4 Å². The van der Waals surface area contributed by atoms with E-state index in [0.717, 1.165) is 16.9 Å². The van der Waals surface area contributed by atoms with Crippen molar-refractivity contribution in [1.29, 1.82) is 0 Å². The second-order valence-electron chi connectivity index (χ2n) is 6.04. The summed E-state index contributed by atoms with van der Waals surface area (Å²) in [7, 11) is 1.64. The third kappa shape index (κ3) is 4.37. The van der Waals surface area contributed by atoms with Gasteiger partial charge in [-0.1, -0.05) is 17.7 Å². The van der Waals surface area contributed by atoms with Crippen LogP contribution in [0.5, 0.6) is 5.75 Å². The molecule has 0 bridgehead atoms. The summed E-state index contributed by atoms with van der Waals surface area (Å²) in [6.45, 7) is 5.52. The van der Waals surface area contributed by atoms with Crippen molar-refractivity contribution in [2.45, 2.75) is 32.7 Å². The highest BCUT2D eigenvalue weighted by atomic mass is 35.5. The minimum Gasteiger partial charge on any atom is -0.496 e. The van der Waals surface area contributed by atoms with Crippen LogP contribution < -0.4 is 15.8 Å². The molecule has 2 rings (SSSR count). The molecule has 1 saturated heterocycles. The summed E-state index contributed by atoms with van der Waals surface area (Å²) in [6, 6.07) is 5.84. The highest BCUT2D eigenvalue weighted by molar-refractivity contribution is 5.85. The Balaban J connectivity index is 0.00000264. The van der Waals surface area contributed by atoms with Crippen LogP contribution in [0.1, 0.15) is 36.9 Å². The fourth-order valence-electron chi connectivity index (χ4n) is 2.91. The smallest absolute Gasteiger partial charge is 0.228 e. The minimum absolute atomic E-state index is 0. The van der Waals surface area contributed by atoms with E-state index in [0.29, 0.717) is 32.6 Å². The second-order valence-corrected chi connectivity index (χ2v) is 6.04.